The fraction of sp³-hybridized carbons (Fsp3) is 0.643. The molecule has 1 aromatic rings. The molecule has 0 amide bonds. The van der Waals surface area contributed by atoms with Crippen molar-refractivity contribution in [1.82, 2.24) is 15.2 Å². The summed E-state index contributed by atoms with van der Waals surface area (Å²) in [6.45, 7) is 6.61. The fourth-order valence-electron chi connectivity index (χ4n) is 2.43. The smallest absolute Gasteiger partial charge is 0.0300 e. The first kappa shape index (κ1) is 12.5. The molecule has 3 heteroatoms. The Kier molecular flexibility index (Phi) is 4.13. The second-order valence-corrected chi connectivity index (χ2v) is 5.23. The van der Waals surface area contributed by atoms with Crippen LogP contribution in [0.4, 0.5) is 0 Å². The Bertz CT molecular complexity index is 364. The van der Waals surface area contributed by atoms with Crippen LogP contribution in [0.25, 0.3) is 0 Å². The lowest BCUT2D eigenvalue weighted by molar-refractivity contribution is 0.168. The first-order valence-electron chi connectivity index (χ1n) is 6.50. The molecule has 0 radical (unpaired) electrons. The van der Waals surface area contributed by atoms with Gasteiger partial charge in [0.25, 0.3) is 0 Å². The van der Waals surface area contributed by atoms with E-state index in [1.807, 2.05) is 12.4 Å². The summed E-state index contributed by atoms with van der Waals surface area (Å²) in [5.41, 5.74) is 2.65. The molecular formula is C14H23N3. The Hall–Kier alpha value is -0.930. The normalized spacial score (nSPS) is 26.1. The van der Waals surface area contributed by atoms with Crippen LogP contribution in [-0.2, 0) is 6.54 Å². The quantitative estimate of drug-likeness (QED) is 0.865. The van der Waals surface area contributed by atoms with Gasteiger partial charge in [-0.3, -0.25) is 4.98 Å². The number of hydrogen-bond acceptors (Lipinski definition) is 3. The Morgan fingerprint density at radius 1 is 1.53 bits per heavy atom. The number of rotatable bonds is 3. The number of nitrogens with zero attached hydrogens (tertiary/aromatic N) is 2. The molecule has 3 nitrogen and oxygen atoms in total. The van der Waals surface area contributed by atoms with Gasteiger partial charge in [0.2, 0.25) is 0 Å². The van der Waals surface area contributed by atoms with Crippen LogP contribution in [0.1, 0.15) is 30.9 Å². The largest absolute Gasteiger partial charge is 0.310 e. The van der Waals surface area contributed by atoms with E-state index in [1.54, 1.807) is 0 Å². The van der Waals surface area contributed by atoms with E-state index in [4.69, 9.17) is 0 Å². The van der Waals surface area contributed by atoms with Gasteiger partial charge in [-0.25, -0.2) is 0 Å². The van der Waals surface area contributed by atoms with Crippen molar-refractivity contribution in [2.24, 2.45) is 0 Å². The van der Waals surface area contributed by atoms with E-state index >= 15 is 0 Å². The Balaban J connectivity index is 1.85. The molecule has 1 N–H and O–H groups in total. The summed E-state index contributed by atoms with van der Waals surface area (Å²) < 4.78 is 0. The van der Waals surface area contributed by atoms with Crippen molar-refractivity contribution >= 4 is 0 Å². The highest BCUT2D eigenvalue weighted by atomic mass is 15.1. The van der Waals surface area contributed by atoms with Crippen LogP contribution in [0.15, 0.2) is 18.5 Å². The van der Waals surface area contributed by atoms with Gasteiger partial charge in [-0.2, -0.15) is 0 Å². The molecular weight excluding hydrogens is 210 g/mol. The van der Waals surface area contributed by atoms with Crippen LogP contribution in [0.3, 0.4) is 0 Å². The van der Waals surface area contributed by atoms with E-state index in [9.17, 15) is 0 Å². The van der Waals surface area contributed by atoms with Crippen molar-refractivity contribution in [3.05, 3.63) is 29.6 Å². The SMILES string of the molecule is Cc1cnccc1CNC1CCN(C)C(C)C1. The third-order valence-electron chi connectivity index (χ3n) is 3.93. The third-order valence-corrected chi connectivity index (χ3v) is 3.93. The van der Waals surface area contributed by atoms with E-state index in [1.165, 1.54) is 30.5 Å². The molecule has 1 saturated heterocycles. The van der Waals surface area contributed by atoms with Crippen molar-refractivity contribution in [3.8, 4) is 0 Å². The maximum absolute atomic E-state index is 4.13. The van der Waals surface area contributed by atoms with Crippen molar-refractivity contribution in [2.45, 2.75) is 45.3 Å². The molecule has 17 heavy (non-hydrogen) atoms. The van der Waals surface area contributed by atoms with Gasteiger partial charge in [-0.15, -0.1) is 0 Å². The molecule has 2 rings (SSSR count). The maximum atomic E-state index is 4.13. The van der Waals surface area contributed by atoms with Crippen molar-refractivity contribution in [1.29, 1.82) is 0 Å². The minimum atomic E-state index is 0.661. The van der Waals surface area contributed by atoms with Crippen LogP contribution in [0, 0.1) is 6.92 Å². The van der Waals surface area contributed by atoms with Gasteiger partial charge in [-0.1, -0.05) is 0 Å². The van der Waals surface area contributed by atoms with E-state index in [0.29, 0.717) is 12.1 Å². The Morgan fingerprint density at radius 2 is 2.35 bits per heavy atom. The molecule has 1 aliphatic rings. The summed E-state index contributed by atoms with van der Waals surface area (Å²) >= 11 is 0. The first-order valence-corrected chi connectivity index (χ1v) is 6.50. The van der Waals surface area contributed by atoms with E-state index < -0.39 is 0 Å². The van der Waals surface area contributed by atoms with Crippen LogP contribution >= 0.6 is 0 Å². The van der Waals surface area contributed by atoms with Crippen molar-refractivity contribution < 1.29 is 0 Å². The summed E-state index contributed by atoms with van der Waals surface area (Å²) in [5, 5.41) is 3.68. The zero-order valence-electron chi connectivity index (χ0n) is 11.1. The van der Waals surface area contributed by atoms with Gasteiger partial charge in [-0.05, 0) is 57.5 Å². The Morgan fingerprint density at radius 3 is 3.06 bits per heavy atom. The monoisotopic (exact) mass is 233 g/mol. The second kappa shape index (κ2) is 5.61. The lowest BCUT2D eigenvalue weighted by Crippen LogP contribution is -2.45. The Labute approximate surface area is 104 Å². The summed E-state index contributed by atoms with van der Waals surface area (Å²) in [5.74, 6) is 0. The topological polar surface area (TPSA) is 28.2 Å². The highest BCUT2D eigenvalue weighted by Gasteiger charge is 2.22. The van der Waals surface area contributed by atoms with Crippen LogP contribution in [-0.4, -0.2) is 35.6 Å². The van der Waals surface area contributed by atoms with Gasteiger partial charge < -0.3 is 10.2 Å². The molecule has 94 valence electrons. The van der Waals surface area contributed by atoms with Crippen LogP contribution in [0.2, 0.25) is 0 Å². The molecule has 0 aliphatic carbocycles. The lowest BCUT2D eigenvalue weighted by atomic mass is 9.98. The molecule has 1 aliphatic heterocycles. The van der Waals surface area contributed by atoms with Gasteiger partial charge in [0.15, 0.2) is 0 Å². The van der Waals surface area contributed by atoms with Gasteiger partial charge >= 0.3 is 0 Å². The van der Waals surface area contributed by atoms with Gasteiger partial charge in [0.05, 0.1) is 0 Å². The number of hydrogen-bond donors (Lipinski definition) is 1. The average molecular weight is 233 g/mol. The molecule has 2 atom stereocenters. The summed E-state index contributed by atoms with van der Waals surface area (Å²) in [6, 6.07) is 3.47. The van der Waals surface area contributed by atoms with Crippen molar-refractivity contribution in [2.75, 3.05) is 13.6 Å². The van der Waals surface area contributed by atoms with Crippen LogP contribution in [0.5, 0.6) is 0 Å². The molecule has 2 heterocycles. The first-order chi connectivity index (χ1) is 8.16. The minimum Gasteiger partial charge on any atom is -0.310 e. The zero-order chi connectivity index (χ0) is 12.3. The van der Waals surface area contributed by atoms with Crippen molar-refractivity contribution in [3.63, 3.8) is 0 Å². The zero-order valence-corrected chi connectivity index (χ0v) is 11.1. The predicted molar refractivity (Wildman–Crippen MR) is 70.9 cm³/mol. The molecule has 0 bridgehead atoms. The molecule has 2 unspecified atom stereocenters. The van der Waals surface area contributed by atoms with E-state index in [-0.39, 0.29) is 0 Å². The average Bonchev–Trinajstić information content (AvgIpc) is 2.32. The molecule has 0 spiro atoms. The summed E-state index contributed by atoms with van der Waals surface area (Å²) in [6.07, 6.45) is 6.32. The highest BCUT2D eigenvalue weighted by molar-refractivity contribution is 5.21. The molecule has 0 saturated carbocycles. The maximum Gasteiger partial charge on any atom is 0.0300 e. The number of aryl methyl sites for hydroxylation is 1. The fourth-order valence-corrected chi connectivity index (χ4v) is 2.43. The number of pyridine rings is 1. The molecule has 1 aromatic heterocycles. The number of piperidine rings is 1. The highest BCUT2D eigenvalue weighted by Crippen LogP contribution is 2.16. The third kappa shape index (κ3) is 3.27. The number of aromatic nitrogens is 1. The second-order valence-electron chi connectivity index (χ2n) is 5.23. The minimum absolute atomic E-state index is 0.661. The molecule has 1 fully saturated rings. The molecule has 0 aromatic carbocycles. The van der Waals surface area contributed by atoms with Gasteiger partial charge in [0.1, 0.15) is 0 Å². The summed E-state index contributed by atoms with van der Waals surface area (Å²) in [4.78, 5) is 6.57. The van der Waals surface area contributed by atoms with E-state index in [2.05, 4.69) is 42.2 Å². The standard InChI is InChI=1S/C14H23N3/c1-11-9-15-6-4-13(11)10-16-14-5-7-17(3)12(2)8-14/h4,6,9,12,14,16H,5,7-8,10H2,1-3H3. The van der Waals surface area contributed by atoms with E-state index in [0.717, 1.165) is 6.54 Å². The van der Waals surface area contributed by atoms with Gasteiger partial charge in [0, 0.05) is 31.0 Å². The predicted octanol–water partition coefficient (Wildman–Crippen LogP) is 1.96. The van der Waals surface area contributed by atoms with Crippen LogP contribution < -0.4 is 5.32 Å². The number of likely N-dealkylation sites (tertiary alicyclic amines) is 1. The lowest BCUT2D eigenvalue weighted by Gasteiger charge is -2.35. The number of nitrogens with one attached hydrogen (secondary N) is 1. The summed E-state index contributed by atoms with van der Waals surface area (Å²) in [7, 11) is 2.22.